The molecule has 4 heteroatoms. The molecule has 2 N–H and O–H groups in total. The average Bonchev–Trinajstić information content (AvgIpc) is 2.27. The molecule has 4 nitrogen and oxygen atoms in total. The summed E-state index contributed by atoms with van der Waals surface area (Å²) in [6.45, 7) is 4.63. The Morgan fingerprint density at radius 2 is 1.61 bits per heavy atom. The Morgan fingerprint density at radius 1 is 1.06 bits per heavy atom. The topological polar surface area (TPSA) is 63.4 Å². The van der Waals surface area contributed by atoms with Gasteiger partial charge in [0.15, 0.2) is 0 Å². The second kappa shape index (κ2) is 4.29. The maximum absolute atomic E-state index is 11.4. The fourth-order valence-electron chi connectivity index (χ4n) is 2.29. The number of anilines is 2. The van der Waals surface area contributed by atoms with Crippen molar-refractivity contribution in [2.24, 2.45) is 0 Å². The zero-order valence-electron chi connectivity index (χ0n) is 10.8. The van der Waals surface area contributed by atoms with E-state index in [9.17, 15) is 9.59 Å². The van der Waals surface area contributed by atoms with Crippen molar-refractivity contribution >= 4 is 11.4 Å². The highest BCUT2D eigenvalue weighted by Crippen LogP contribution is 2.18. The highest BCUT2D eigenvalue weighted by molar-refractivity contribution is 5.72. The van der Waals surface area contributed by atoms with Crippen LogP contribution < -0.4 is 21.5 Å². The summed E-state index contributed by atoms with van der Waals surface area (Å²) >= 11 is 0. The van der Waals surface area contributed by atoms with Gasteiger partial charge in [-0.2, -0.15) is 0 Å². The van der Waals surface area contributed by atoms with Gasteiger partial charge in [0.2, 0.25) is 0 Å². The van der Waals surface area contributed by atoms with E-state index in [0.29, 0.717) is 12.2 Å². The van der Waals surface area contributed by atoms with Gasteiger partial charge in [0.05, 0.1) is 0 Å². The summed E-state index contributed by atoms with van der Waals surface area (Å²) in [5.41, 5.74) is 8.34. The quantitative estimate of drug-likeness (QED) is 0.822. The standard InChI is InChI=1S/C14H16N2O2/c1-8-4-9(2)6-10(5-8)7-16(3)12-11(15)13(17)14(12)18/h4-6H,7,15H2,1-3H3. The van der Waals surface area contributed by atoms with Crippen molar-refractivity contribution in [1.82, 2.24) is 0 Å². The Balaban J connectivity index is 2.25. The fraction of sp³-hybridized carbons (Fsp3) is 0.286. The highest BCUT2D eigenvalue weighted by Gasteiger charge is 2.21. The van der Waals surface area contributed by atoms with E-state index >= 15 is 0 Å². The van der Waals surface area contributed by atoms with Crippen LogP contribution in [0.25, 0.3) is 0 Å². The number of rotatable bonds is 3. The number of hydrogen-bond donors (Lipinski definition) is 1. The van der Waals surface area contributed by atoms with Crippen molar-refractivity contribution in [2.75, 3.05) is 17.7 Å². The van der Waals surface area contributed by atoms with E-state index < -0.39 is 10.9 Å². The molecule has 0 unspecified atom stereocenters. The minimum Gasteiger partial charge on any atom is -0.394 e. The molecular formula is C14H16N2O2. The highest BCUT2D eigenvalue weighted by atomic mass is 16.2. The largest absolute Gasteiger partial charge is 0.394 e. The molecular weight excluding hydrogens is 228 g/mol. The van der Waals surface area contributed by atoms with E-state index in [1.54, 1.807) is 11.9 Å². The third kappa shape index (κ3) is 2.01. The minimum atomic E-state index is -0.572. The first-order valence-electron chi connectivity index (χ1n) is 5.77. The molecule has 0 saturated heterocycles. The van der Waals surface area contributed by atoms with Crippen molar-refractivity contribution in [3.63, 3.8) is 0 Å². The molecule has 0 aromatic heterocycles. The Hall–Kier alpha value is -2.10. The number of aryl methyl sites for hydroxylation is 2. The molecule has 2 aromatic carbocycles. The molecule has 0 fully saturated rings. The molecule has 18 heavy (non-hydrogen) atoms. The first-order valence-corrected chi connectivity index (χ1v) is 5.77. The summed E-state index contributed by atoms with van der Waals surface area (Å²) in [6, 6.07) is 6.21. The first kappa shape index (κ1) is 12.4. The van der Waals surface area contributed by atoms with Gasteiger partial charge < -0.3 is 10.6 Å². The number of hydrogen-bond acceptors (Lipinski definition) is 4. The molecule has 0 spiro atoms. The molecule has 0 aliphatic carbocycles. The third-order valence-electron chi connectivity index (χ3n) is 3.00. The van der Waals surface area contributed by atoms with Crippen molar-refractivity contribution in [1.29, 1.82) is 0 Å². The van der Waals surface area contributed by atoms with Crippen molar-refractivity contribution < 1.29 is 0 Å². The van der Waals surface area contributed by atoms with Crippen molar-refractivity contribution in [3.8, 4) is 0 Å². The molecule has 0 aliphatic heterocycles. The van der Waals surface area contributed by atoms with Gasteiger partial charge in [-0.15, -0.1) is 0 Å². The molecule has 0 bridgehead atoms. The monoisotopic (exact) mass is 244 g/mol. The van der Waals surface area contributed by atoms with E-state index in [1.165, 1.54) is 11.1 Å². The van der Waals surface area contributed by atoms with Gasteiger partial charge in [-0.3, -0.25) is 9.59 Å². The van der Waals surface area contributed by atoms with Gasteiger partial charge in [0.1, 0.15) is 11.4 Å². The number of nitrogens with zero attached hydrogens (tertiary/aromatic N) is 1. The van der Waals surface area contributed by atoms with Gasteiger partial charge in [-0.05, 0) is 19.4 Å². The summed E-state index contributed by atoms with van der Waals surface area (Å²) in [7, 11) is 1.77. The van der Waals surface area contributed by atoms with Crippen LogP contribution in [0.2, 0.25) is 0 Å². The fourth-order valence-corrected chi connectivity index (χ4v) is 2.29. The van der Waals surface area contributed by atoms with E-state index in [-0.39, 0.29) is 5.69 Å². The predicted molar refractivity (Wildman–Crippen MR) is 73.8 cm³/mol. The van der Waals surface area contributed by atoms with Crippen LogP contribution >= 0.6 is 0 Å². The van der Waals surface area contributed by atoms with E-state index in [4.69, 9.17) is 5.73 Å². The summed E-state index contributed by atoms with van der Waals surface area (Å²) < 4.78 is 0. The smallest absolute Gasteiger partial charge is 0.253 e. The Bertz CT molecular complexity index is 647. The number of nitrogens with two attached hydrogens (primary N) is 1. The molecule has 0 amide bonds. The molecule has 0 aliphatic rings. The van der Waals surface area contributed by atoms with E-state index in [2.05, 4.69) is 18.2 Å². The van der Waals surface area contributed by atoms with Crippen LogP contribution in [0.3, 0.4) is 0 Å². The maximum Gasteiger partial charge on any atom is 0.253 e. The minimum absolute atomic E-state index is 0.0758. The van der Waals surface area contributed by atoms with Gasteiger partial charge in [0, 0.05) is 13.6 Å². The third-order valence-corrected chi connectivity index (χ3v) is 3.00. The van der Waals surface area contributed by atoms with E-state index in [0.717, 1.165) is 5.56 Å². The zero-order chi connectivity index (χ0) is 13.4. The van der Waals surface area contributed by atoms with Gasteiger partial charge in [-0.25, -0.2) is 0 Å². The molecule has 94 valence electrons. The van der Waals surface area contributed by atoms with Gasteiger partial charge >= 0.3 is 0 Å². The second-order valence-corrected chi connectivity index (χ2v) is 4.77. The summed E-state index contributed by atoms with van der Waals surface area (Å²) in [4.78, 5) is 24.2. The normalized spacial score (nSPS) is 10.8. The number of nitrogen functional groups attached to an aromatic ring is 1. The lowest BCUT2D eigenvalue weighted by molar-refractivity contribution is 0.908. The summed E-state index contributed by atoms with van der Waals surface area (Å²) in [6.07, 6.45) is 0. The number of benzene rings is 1. The lowest BCUT2D eigenvalue weighted by Crippen LogP contribution is -2.40. The predicted octanol–water partition coefficient (Wildman–Crippen LogP) is 1.12. The molecule has 0 radical (unpaired) electrons. The molecule has 0 heterocycles. The Kier molecular flexibility index (Phi) is 2.95. The lowest BCUT2D eigenvalue weighted by atomic mass is 10.1. The first-order chi connectivity index (χ1) is 8.40. The maximum atomic E-state index is 11.4. The van der Waals surface area contributed by atoms with Crippen LogP contribution in [0.5, 0.6) is 0 Å². The van der Waals surface area contributed by atoms with E-state index in [1.807, 2.05) is 13.8 Å². The van der Waals surface area contributed by atoms with Gasteiger partial charge in [0.25, 0.3) is 10.9 Å². The van der Waals surface area contributed by atoms with Crippen molar-refractivity contribution in [3.05, 3.63) is 55.3 Å². The molecule has 0 saturated carbocycles. The summed E-state index contributed by atoms with van der Waals surface area (Å²) in [5, 5.41) is 0. The Morgan fingerprint density at radius 3 is 2.11 bits per heavy atom. The van der Waals surface area contributed by atoms with Crippen LogP contribution in [0.1, 0.15) is 16.7 Å². The zero-order valence-corrected chi connectivity index (χ0v) is 10.8. The average molecular weight is 244 g/mol. The Labute approximate surface area is 105 Å². The van der Waals surface area contributed by atoms with Gasteiger partial charge in [-0.1, -0.05) is 29.3 Å². The molecule has 2 aromatic rings. The second-order valence-electron chi connectivity index (χ2n) is 4.77. The van der Waals surface area contributed by atoms with Crippen LogP contribution in [-0.4, -0.2) is 7.05 Å². The lowest BCUT2D eigenvalue weighted by Gasteiger charge is -2.21. The van der Waals surface area contributed by atoms with Crippen LogP contribution in [0, 0.1) is 13.8 Å². The molecule has 0 atom stereocenters. The summed E-state index contributed by atoms with van der Waals surface area (Å²) in [5.74, 6) is 0. The van der Waals surface area contributed by atoms with Crippen LogP contribution in [0.15, 0.2) is 27.8 Å². The molecule has 2 rings (SSSR count). The SMILES string of the molecule is Cc1cc(C)cc(CN(C)c2c(N)c(=O)c2=O)c1. The van der Waals surface area contributed by atoms with Crippen LogP contribution in [-0.2, 0) is 6.54 Å². The van der Waals surface area contributed by atoms with Crippen LogP contribution in [0.4, 0.5) is 11.4 Å². The van der Waals surface area contributed by atoms with Crippen molar-refractivity contribution in [2.45, 2.75) is 20.4 Å².